The third-order valence-electron chi connectivity index (χ3n) is 3.01. The van der Waals surface area contributed by atoms with Crippen LogP contribution in [0.15, 0.2) is 42.5 Å². The summed E-state index contributed by atoms with van der Waals surface area (Å²) >= 11 is 0. The maximum Gasteiger partial charge on any atom is 0.0831 e. The number of aliphatic hydroxyl groups is 1. The number of rotatable bonds is 3. The Morgan fingerprint density at radius 3 is 2.33 bits per heavy atom. The van der Waals surface area contributed by atoms with Crippen LogP contribution in [0.4, 0.5) is 5.69 Å². The summed E-state index contributed by atoms with van der Waals surface area (Å²) in [4.78, 5) is 0. The zero-order valence-corrected chi connectivity index (χ0v) is 10.9. The van der Waals surface area contributed by atoms with Crippen LogP contribution >= 0.6 is 0 Å². The molecule has 94 valence electrons. The van der Waals surface area contributed by atoms with E-state index in [1.807, 2.05) is 24.3 Å². The minimum atomic E-state index is -0.505. The molecule has 0 saturated heterocycles. The molecule has 2 nitrogen and oxygen atoms in total. The maximum absolute atomic E-state index is 10.2. The van der Waals surface area contributed by atoms with Gasteiger partial charge in [0.25, 0.3) is 0 Å². The summed E-state index contributed by atoms with van der Waals surface area (Å²) in [6.45, 7) is 4.15. The third kappa shape index (κ3) is 3.11. The van der Waals surface area contributed by atoms with Crippen molar-refractivity contribution >= 4 is 5.69 Å². The normalized spacial score (nSPS) is 12.4. The molecule has 0 bridgehead atoms. The Morgan fingerprint density at radius 2 is 1.72 bits per heavy atom. The first-order valence-electron chi connectivity index (χ1n) is 6.15. The Labute approximate surface area is 108 Å². The first-order valence-corrected chi connectivity index (χ1v) is 6.15. The molecule has 2 aromatic rings. The van der Waals surface area contributed by atoms with Crippen molar-refractivity contribution in [2.45, 2.75) is 26.4 Å². The molecule has 2 rings (SSSR count). The molecule has 1 atom stereocenters. The Kier molecular flexibility index (Phi) is 3.68. The van der Waals surface area contributed by atoms with Crippen LogP contribution in [0.1, 0.15) is 28.4 Å². The van der Waals surface area contributed by atoms with Crippen LogP contribution in [0.2, 0.25) is 0 Å². The van der Waals surface area contributed by atoms with E-state index in [9.17, 15) is 5.11 Å². The van der Waals surface area contributed by atoms with Crippen molar-refractivity contribution in [3.8, 4) is 0 Å². The predicted octanol–water partition coefficient (Wildman–Crippen LogP) is 3.16. The second-order valence-electron chi connectivity index (χ2n) is 4.89. The molecule has 0 aliphatic heterocycles. The zero-order chi connectivity index (χ0) is 13.1. The molecule has 0 aliphatic rings. The van der Waals surface area contributed by atoms with Crippen LogP contribution in [0.5, 0.6) is 0 Å². The Balaban J connectivity index is 2.18. The minimum Gasteiger partial charge on any atom is -0.399 e. The summed E-state index contributed by atoms with van der Waals surface area (Å²) in [5.41, 5.74) is 10.9. The quantitative estimate of drug-likeness (QED) is 0.811. The van der Waals surface area contributed by atoms with E-state index in [-0.39, 0.29) is 0 Å². The number of nitrogens with two attached hydrogens (primary N) is 1. The van der Waals surface area contributed by atoms with Crippen molar-refractivity contribution in [1.29, 1.82) is 0 Å². The molecule has 0 radical (unpaired) electrons. The van der Waals surface area contributed by atoms with Gasteiger partial charge in [0.05, 0.1) is 6.10 Å². The summed E-state index contributed by atoms with van der Waals surface area (Å²) in [6.07, 6.45) is 0.112. The average molecular weight is 241 g/mol. The number of hydrogen-bond acceptors (Lipinski definition) is 2. The van der Waals surface area contributed by atoms with Gasteiger partial charge >= 0.3 is 0 Å². The van der Waals surface area contributed by atoms with Gasteiger partial charge in [0.2, 0.25) is 0 Å². The van der Waals surface area contributed by atoms with Crippen LogP contribution in [-0.4, -0.2) is 5.11 Å². The van der Waals surface area contributed by atoms with Gasteiger partial charge in [-0.1, -0.05) is 41.5 Å². The number of benzene rings is 2. The summed E-state index contributed by atoms with van der Waals surface area (Å²) < 4.78 is 0. The molecule has 18 heavy (non-hydrogen) atoms. The summed E-state index contributed by atoms with van der Waals surface area (Å²) in [6, 6.07) is 13.8. The minimum absolute atomic E-state index is 0.505. The molecule has 1 unspecified atom stereocenters. The van der Waals surface area contributed by atoms with Gasteiger partial charge in [0.15, 0.2) is 0 Å². The van der Waals surface area contributed by atoms with Gasteiger partial charge in [-0.05, 0) is 37.1 Å². The van der Waals surface area contributed by atoms with E-state index in [2.05, 4.69) is 32.0 Å². The molecule has 0 fully saturated rings. The van der Waals surface area contributed by atoms with E-state index < -0.39 is 6.10 Å². The van der Waals surface area contributed by atoms with Crippen molar-refractivity contribution in [1.82, 2.24) is 0 Å². The molecule has 0 spiro atoms. The first-order chi connectivity index (χ1) is 8.54. The smallest absolute Gasteiger partial charge is 0.0831 e. The van der Waals surface area contributed by atoms with Crippen LogP contribution in [0.25, 0.3) is 0 Å². The van der Waals surface area contributed by atoms with Gasteiger partial charge in [-0.2, -0.15) is 0 Å². The largest absolute Gasteiger partial charge is 0.399 e. The lowest BCUT2D eigenvalue weighted by Gasteiger charge is -2.13. The lowest BCUT2D eigenvalue weighted by molar-refractivity contribution is 0.178. The summed E-state index contributed by atoms with van der Waals surface area (Å²) in [7, 11) is 0. The fraction of sp³-hybridized carbons (Fsp3) is 0.250. The van der Waals surface area contributed by atoms with E-state index >= 15 is 0 Å². The topological polar surface area (TPSA) is 46.2 Å². The lowest BCUT2D eigenvalue weighted by Crippen LogP contribution is -2.03. The zero-order valence-electron chi connectivity index (χ0n) is 10.9. The van der Waals surface area contributed by atoms with E-state index in [0.29, 0.717) is 12.1 Å². The standard InChI is InChI=1S/C16H19NO/c1-11-6-12(2)8-13(7-11)9-16(18)14-4-3-5-15(17)10-14/h3-8,10,16,18H,9,17H2,1-2H3. The van der Waals surface area contributed by atoms with Gasteiger partial charge < -0.3 is 10.8 Å². The number of nitrogen functional groups attached to an aromatic ring is 1. The molecular weight excluding hydrogens is 222 g/mol. The van der Waals surface area contributed by atoms with Crippen LogP contribution in [0, 0.1) is 13.8 Å². The lowest BCUT2D eigenvalue weighted by atomic mass is 9.98. The van der Waals surface area contributed by atoms with Gasteiger partial charge in [-0.15, -0.1) is 0 Å². The van der Waals surface area contributed by atoms with Crippen molar-refractivity contribution < 1.29 is 5.11 Å². The molecular formula is C16H19NO. The number of aliphatic hydroxyl groups excluding tert-OH is 1. The SMILES string of the molecule is Cc1cc(C)cc(CC(O)c2cccc(N)c2)c1. The van der Waals surface area contributed by atoms with Gasteiger partial charge in [0.1, 0.15) is 0 Å². The van der Waals surface area contributed by atoms with Crippen LogP contribution < -0.4 is 5.73 Å². The highest BCUT2D eigenvalue weighted by molar-refractivity contribution is 5.41. The molecule has 2 heteroatoms. The highest BCUT2D eigenvalue weighted by Crippen LogP contribution is 2.21. The third-order valence-corrected chi connectivity index (χ3v) is 3.01. The number of anilines is 1. The van der Waals surface area contributed by atoms with E-state index in [1.54, 1.807) is 0 Å². The Bertz CT molecular complexity index is 528. The average Bonchev–Trinajstić information content (AvgIpc) is 2.27. The van der Waals surface area contributed by atoms with Gasteiger partial charge in [-0.3, -0.25) is 0 Å². The molecule has 3 N–H and O–H groups in total. The van der Waals surface area contributed by atoms with Crippen LogP contribution in [0.3, 0.4) is 0 Å². The second kappa shape index (κ2) is 5.23. The van der Waals surface area contributed by atoms with E-state index in [1.165, 1.54) is 11.1 Å². The monoisotopic (exact) mass is 241 g/mol. The molecule has 0 aliphatic carbocycles. The van der Waals surface area contributed by atoms with Gasteiger partial charge in [-0.25, -0.2) is 0 Å². The van der Waals surface area contributed by atoms with Crippen molar-refractivity contribution in [2.24, 2.45) is 0 Å². The molecule has 0 saturated carbocycles. The van der Waals surface area contributed by atoms with E-state index in [0.717, 1.165) is 11.1 Å². The molecule has 2 aromatic carbocycles. The Hall–Kier alpha value is -1.80. The van der Waals surface area contributed by atoms with Crippen molar-refractivity contribution in [3.05, 3.63) is 64.7 Å². The Morgan fingerprint density at radius 1 is 1.06 bits per heavy atom. The number of hydrogen-bond donors (Lipinski definition) is 2. The second-order valence-corrected chi connectivity index (χ2v) is 4.89. The first kappa shape index (κ1) is 12.7. The number of aryl methyl sites for hydroxylation is 2. The maximum atomic E-state index is 10.2. The summed E-state index contributed by atoms with van der Waals surface area (Å²) in [5, 5.41) is 10.2. The summed E-state index contributed by atoms with van der Waals surface area (Å²) in [5.74, 6) is 0. The highest BCUT2D eigenvalue weighted by atomic mass is 16.3. The van der Waals surface area contributed by atoms with E-state index in [4.69, 9.17) is 5.73 Å². The van der Waals surface area contributed by atoms with Crippen LogP contribution in [-0.2, 0) is 6.42 Å². The predicted molar refractivity (Wildman–Crippen MR) is 75.4 cm³/mol. The van der Waals surface area contributed by atoms with Crippen molar-refractivity contribution in [3.63, 3.8) is 0 Å². The fourth-order valence-electron chi connectivity index (χ4n) is 2.29. The van der Waals surface area contributed by atoms with Crippen molar-refractivity contribution in [2.75, 3.05) is 5.73 Å². The molecule has 0 aromatic heterocycles. The fourth-order valence-corrected chi connectivity index (χ4v) is 2.29. The highest BCUT2D eigenvalue weighted by Gasteiger charge is 2.09. The van der Waals surface area contributed by atoms with Gasteiger partial charge in [0, 0.05) is 12.1 Å². The molecule has 0 heterocycles. The molecule has 0 amide bonds.